The lowest BCUT2D eigenvalue weighted by molar-refractivity contribution is -0.159. The van der Waals surface area contributed by atoms with E-state index >= 15 is 0 Å². The minimum atomic E-state index is -4.81. The van der Waals surface area contributed by atoms with Gasteiger partial charge in [0.15, 0.2) is 0 Å². The van der Waals surface area contributed by atoms with Crippen molar-refractivity contribution in [3.63, 3.8) is 0 Å². The Kier molecular flexibility index (Phi) is 5.85. The maximum Gasteiger partial charge on any atom is 0.471 e. The smallest absolute Gasteiger partial charge is 0.339 e. The van der Waals surface area contributed by atoms with Crippen LogP contribution in [0, 0.1) is 0 Å². The third-order valence-electron chi connectivity index (χ3n) is 4.91. The molecule has 0 aliphatic carbocycles. The second-order valence-electron chi connectivity index (χ2n) is 7.21. The van der Waals surface area contributed by atoms with Crippen molar-refractivity contribution in [1.82, 2.24) is 20.4 Å². The van der Waals surface area contributed by atoms with Gasteiger partial charge in [0, 0.05) is 25.2 Å². The molecule has 1 N–H and O–H groups in total. The minimum absolute atomic E-state index is 0.00835. The van der Waals surface area contributed by atoms with E-state index in [1.807, 2.05) is 30.3 Å². The monoisotopic (exact) mass is 441 g/mol. The van der Waals surface area contributed by atoms with Crippen LogP contribution in [0.5, 0.6) is 0 Å². The fraction of sp³-hybridized carbons (Fsp3) is 0.227. The molecule has 1 amide bonds. The van der Waals surface area contributed by atoms with Crippen molar-refractivity contribution in [2.24, 2.45) is 4.99 Å². The lowest BCUT2D eigenvalue weighted by Crippen LogP contribution is -2.48. The molecular weight excluding hydrogens is 423 g/mol. The van der Waals surface area contributed by atoms with E-state index in [2.05, 4.69) is 30.0 Å². The predicted octanol–water partition coefficient (Wildman–Crippen LogP) is 3.83. The molecule has 0 saturated carbocycles. The normalized spacial score (nSPS) is 18.3. The van der Waals surface area contributed by atoms with Gasteiger partial charge >= 0.3 is 12.1 Å². The van der Waals surface area contributed by atoms with Crippen LogP contribution in [-0.2, 0) is 22.9 Å². The molecule has 164 valence electrons. The SMILES string of the molecule is O=C(CCc1ccccc1)NC1(c2noc(C(F)(F)F)n2)C=CN=C(c2ccccn2)C1. The van der Waals surface area contributed by atoms with E-state index < -0.39 is 17.6 Å². The molecule has 7 nitrogen and oxygen atoms in total. The van der Waals surface area contributed by atoms with E-state index in [-0.39, 0.29) is 24.6 Å². The van der Waals surface area contributed by atoms with Crippen molar-refractivity contribution in [2.75, 3.05) is 0 Å². The van der Waals surface area contributed by atoms with Crippen LogP contribution in [0.1, 0.15) is 35.8 Å². The summed E-state index contributed by atoms with van der Waals surface area (Å²) in [6.45, 7) is 0. The Bertz CT molecular complexity index is 1140. The Morgan fingerprint density at radius 2 is 1.91 bits per heavy atom. The highest BCUT2D eigenvalue weighted by Crippen LogP contribution is 2.33. The second kappa shape index (κ2) is 8.74. The van der Waals surface area contributed by atoms with Gasteiger partial charge in [-0.3, -0.25) is 14.8 Å². The molecule has 2 aromatic heterocycles. The zero-order chi connectivity index (χ0) is 22.6. The number of rotatable bonds is 6. The van der Waals surface area contributed by atoms with Crippen molar-refractivity contribution < 1.29 is 22.5 Å². The highest BCUT2D eigenvalue weighted by Gasteiger charge is 2.44. The summed E-state index contributed by atoms with van der Waals surface area (Å²) < 4.78 is 43.6. The van der Waals surface area contributed by atoms with Crippen molar-refractivity contribution in [1.29, 1.82) is 0 Å². The molecule has 4 rings (SSSR count). The lowest BCUT2D eigenvalue weighted by atomic mass is 9.88. The standard InChI is InChI=1S/C22H18F3N5O2/c23-22(24,25)20-28-19(30-32-20)21(29-18(31)10-9-15-6-2-1-3-7-15)11-13-27-17(14-21)16-8-4-5-12-26-16/h1-8,11-13H,9-10,14H2,(H,29,31). The summed E-state index contributed by atoms with van der Waals surface area (Å²) in [7, 11) is 0. The highest BCUT2D eigenvalue weighted by molar-refractivity contribution is 6.01. The zero-order valence-electron chi connectivity index (χ0n) is 16.7. The molecule has 0 fully saturated rings. The molecule has 0 bridgehead atoms. The van der Waals surface area contributed by atoms with E-state index in [1.54, 1.807) is 24.4 Å². The number of aromatic nitrogens is 3. The average molecular weight is 441 g/mol. The number of alkyl halides is 3. The van der Waals surface area contributed by atoms with Gasteiger partial charge in [0.25, 0.3) is 0 Å². The van der Waals surface area contributed by atoms with Gasteiger partial charge in [0.1, 0.15) is 5.54 Å². The Labute approximate surface area is 181 Å². The number of amides is 1. The lowest BCUT2D eigenvalue weighted by Gasteiger charge is -2.31. The van der Waals surface area contributed by atoms with Crippen LogP contribution in [0.4, 0.5) is 13.2 Å². The van der Waals surface area contributed by atoms with Gasteiger partial charge in [-0.25, -0.2) is 0 Å². The summed E-state index contributed by atoms with van der Waals surface area (Å²) in [5.74, 6) is -2.17. The predicted molar refractivity (Wildman–Crippen MR) is 108 cm³/mol. The van der Waals surface area contributed by atoms with E-state index in [4.69, 9.17) is 0 Å². The maximum atomic E-state index is 13.1. The van der Waals surface area contributed by atoms with Crippen molar-refractivity contribution >= 4 is 11.6 Å². The molecular formula is C22H18F3N5O2. The molecule has 10 heteroatoms. The Morgan fingerprint density at radius 1 is 1.12 bits per heavy atom. The number of aliphatic imine (C=N–C) groups is 1. The summed E-state index contributed by atoms with van der Waals surface area (Å²) >= 11 is 0. The molecule has 1 atom stereocenters. The first-order valence-corrected chi connectivity index (χ1v) is 9.78. The first-order chi connectivity index (χ1) is 15.4. The first kappa shape index (κ1) is 21.4. The number of carbonyl (C=O) groups excluding carboxylic acids is 1. The molecule has 0 spiro atoms. The summed E-state index contributed by atoms with van der Waals surface area (Å²) in [4.78, 5) is 24.9. The highest BCUT2D eigenvalue weighted by atomic mass is 19.4. The van der Waals surface area contributed by atoms with Crippen molar-refractivity contribution in [3.05, 3.63) is 90.0 Å². The average Bonchev–Trinajstić information content (AvgIpc) is 3.31. The molecule has 3 heterocycles. The van der Waals surface area contributed by atoms with Crippen LogP contribution >= 0.6 is 0 Å². The van der Waals surface area contributed by atoms with Crippen LogP contribution in [0.3, 0.4) is 0 Å². The number of pyridine rings is 1. The van der Waals surface area contributed by atoms with Crippen molar-refractivity contribution in [2.45, 2.75) is 31.0 Å². The third kappa shape index (κ3) is 4.74. The molecule has 0 saturated heterocycles. The molecule has 0 radical (unpaired) electrons. The van der Waals surface area contributed by atoms with Crippen LogP contribution in [-0.4, -0.2) is 26.7 Å². The van der Waals surface area contributed by atoms with Gasteiger partial charge in [-0.2, -0.15) is 18.2 Å². The maximum absolute atomic E-state index is 13.1. The van der Waals surface area contributed by atoms with Gasteiger partial charge in [-0.05, 0) is 30.2 Å². The number of aryl methyl sites for hydroxylation is 1. The number of hydrogen-bond donors (Lipinski definition) is 1. The summed E-state index contributed by atoms with van der Waals surface area (Å²) in [5, 5.41) is 6.33. The minimum Gasteiger partial charge on any atom is -0.339 e. The summed E-state index contributed by atoms with van der Waals surface area (Å²) in [5.41, 5.74) is 0.495. The van der Waals surface area contributed by atoms with E-state index in [9.17, 15) is 18.0 Å². The Hall–Kier alpha value is -3.82. The molecule has 1 unspecified atom stereocenters. The van der Waals surface area contributed by atoms with E-state index in [1.165, 1.54) is 12.3 Å². The Balaban J connectivity index is 1.61. The summed E-state index contributed by atoms with van der Waals surface area (Å²) in [6, 6.07) is 14.6. The second-order valence-corrected chi connectivity index (χ2v) is 7.21. The summed E-state index contributed by atoms with van der Waals surface area (Å²) in [6.07, 6.45) is 0.230. The topological polar surface area (TPSA) is 93.3 Å². The van der Waals surface area contributed by atoms with Crippen molar-refractivity contribution in [3.8, 4) is 0 Å². The van der Waals surface area contributed by atoms with Crippen LogP contribution in [0.15, 0.2) is 76.5 Å². The molecule has 1 aliphatic heterocycles. The van der Waals surface area contributed by atoms with Crippen LogP contribution < -0.4 is 5.32 Å². The zero-order valence-corrected chi connectivity index (χ0v) is 16.7. The fourth-order valence-electron chi connectivity index (χ4n) is 3.34. The number of nitrogens with one attached hydrogen (secondary N) is 1. The third-order valence-corrected chi connectivity index (χ3v) is 4.91. The van der Waals surface area contributed by atoms with Gasteiger partial charge in [0.05, 0.1) is 11.4 Å². The molecule has 1 aromatic carbocycles. The van der Waals surface area contributed by atoms with Crippen LogP contribution in [0.2, 0.25) is 0 Å². The van der Waals surface area contributed by atoms with E-state index in [0.717, 1.165) is 5.56 Å². The fourth-order valence-corrected chi connectivity index (χ4v) is 3.34. The van der Waals surface area contributed by atoms with Gasteiger partial charge in [-0.1, -0.05) is 41.6 Å². The molecule has 32 heavy (non-hydrogen) atoms. The number of carbonyl (C=O) groups is 1. The van der Waals surface area contributed by atoms with Crippen LogP contribution in [0.25, 0.3) is 0 Å². The number of hydrogen-bond acceptors (Lipinski definition) is 6. The number of nitrogens with zero attached hydrogens (tertiary/aromatic N) is 4. The van der Waals surface area contributed by atoms with Gasteiger partial charge < -0.3 is 9.84 Å². The first-order valence-electron chi connectivity index (χ1n) is 9.78. The van der Waals surface area contributed by atoms with E-state index in [0.29, 0.717) is 17.8 Å². The Morgan fingerprint density at radius 3 is 2.59 bits per heavy atom. The van der Waals surface area contributed by atoms with Gasteiger partial charge in [0.2, 0.25) is 11.7 Å². The quantitative estimate of drug-likeness (QED) is 0.628. The number of benzene rings is 1. The number of halogens is 3. The largest absolute Gasteiger partial charge is 0.471 e. The van der Waals surface area contributed by atoms with Gasteiger partial charge in [-0.15, -0.1) is 0 Å². The molecule has 3 aromatic rings. The molecule has 1 aliphatic rings.